The first-order chi connectivity index (χ1) is 15.1. The summed E-state index contributed by atoms with van der Waals surface area (Å²) in [5.74, 6) is 0.407. The van der Waals surface area contributed by atoms with Crippen molar-refractivity contribution in [2.45, 2.75) is 6.61 Å². The average Bonchev–Trinajstić information content (AvgIpc) is 2.77. The molecule has 0 aliphatic rings. The Balaban J connectivity index is 1.62. The summed E-state index contributed by atoms with van der Waals surface area (Å²) in [6, 6.07) is 27.0. The van der Waals surface area contributed by atoms with Crippen LogP contribution in [0.25, 0.3) is 22.4 Å². The van der Waals surface area contributed by atoms with Gasteiger partial charge in [0.1, 0.15) is 6.61 Å². The molecular formula is C26H16Cl3NO. The van der Waals surface area contributed by atoms with Crippen LogP contribution in [0, 0.1) is 11.3 Å². The van der Waals surface area contributed by atoms with Gasteiger partial charge in [0.2, 0.25) is 0 Å². The van der Waals surface area contributed by atoms with Gasteiger partial charge in [-0.15, -0.1) is 0 Å². The lowest BCUT2D eigenvalue weighted by Crippen LogP contribution is -1.98. The Morgan fingerprint density at radius 1 is 0.839 bits per heavy atom. The fourth-order valence-electron chi connectivity index (χ4n) is 3.39. The van der Waals surface area contributed by atoms with Crippen LogP contribution in [0.4, 0.5) is 0 Å². The van der Waals surface area contributed by atoms with E-state index in [0.29, 0.717) is 44.1 Å². The number of fused-ring (bicyclic) bond motifs is 1. The van der Waals surface area contributed by atoms with E-state index in [9.17, 15) is 5.26 Å². The molecule has 0 N–H and O–H groups in total. The lowest BCUT2D eigenvalue weighted by molar-refractivity contribution is 0.308. The molecule has 0 amide bonds. The molecule has 0 aliphatic carbocycles. The van der Waals surface area contributed by atoms with E-state index in [-0.39, 0.29) is 0 Å². The number of benzene rings is 4. The first kappa shape index (κ1) is 21.3. The Morgan fingerprint density at radius 3 is 2.26 bits per heavy atom. The number of hydrogen-bond acceptors (Lipinski definition) is 2. The van der Waals surface area contributed by atoms with E-state index in [1.54, 1.807) is 30.3 Å². The number of nitrogens with zero attached hydrogens (tertiary/aromatic N) is 1. The van der Waals surface area contributed by atoms with Crippen LogP contribution in [0.3, 0.4) is 0 Å². The molecule has 31 heavy (non-hydrogen) atoms. The topological polar surface area (TPSA) is 33.0 Å². The van der Waals surface area contributed by atoms with Crippen LogP contribution in [0.1, 0.15) is 16.7 Å². The standard InChI is InChI=1S/C26H16Cl3NO/c27-23-11-4-3-10-22(23)20(15-30)12-17-13-24(28)26(25(29)14-17)31-16-19-8-5-7-18-6-1-2-9-21(18)19/h1-14H,16H2. The molecule has 0 saturated carbocycles. The quantitative estimate of drug-likeness (QED) is 0.219. The highest BCUT2D eigenvalue weighted by Gasteiger charge is 2.12. The predicted octanol–water partition coefficient (Wildman–Crippen LogP) is 8.44. The molecule has 4 aromatic rings. The summed E-state index contributed by atoms with van der Waals surface area (Å²) < 4.78 is 5.98. The third-order valence-electron chi connectivity index (χ3n) is 4.87. The first-order valence-electron chi connectivity index (χ1n) is 9.52. The first-order valence-corrected chi connectivity index (χ1v) is 10.7. The van der Waals surface area contributed by atoms with Crippen LogP contribution in [0.15, 0.2) is 78.9 Å². The van der Waals surface area contributed by atoms with Gasteiger partial charge >= 0.3 is 0 Å². The summed E-state index contributed by atoms with van der Waals surface area (Å²) in [6.07, 6.45) is 1.70. The highest BCUT2D eigenvalue weighted by Crippen LogP contribution is 2.36. The van der Waals surface area contributed by atoms with E-state index < -0.39 is 0 Å². The molecule has 0 aliphatic heterocycles. The molecule has 0 bridgehead atoms. The molecule has 2 nitrogen and oxygen atoms in total. The van der Waals surface area contributed by atoms with Crippen LogP contribution in [-0.2, 0) is 6.61 Å². The van der Waals surface area contributed by atoms with Crippen LogP contribution >= 0.6 is 34.8 Å². The second-order valence-electron chi connectivity index (χ2n) is 6.89. The minimum Gasteiger partial charge on any atom is -0.486 e. The molecule has 4 rings (SSSR count). The fourth-order valence-corrected chi connectivity index (χ4v) is 4.24. The van der Waals surface area contributed by atoms with E-state index in [1.165, 1.54) is 0 Å². The summed E-state index contributed by atoms with van der Waals surface area (Å²) in [5, 5.41) is 13.1. The van der Waals surface area contributed by atoms with E-state index in [0.717, 1.165) is 16.3 Å². The van der Waals surface area contributed by atoms with Crippen molar-refractivity contribution in [2.75, 3.05) is 0 Å². The lowest BCUT2D eigenvalue weighted by Gasteiger charge is -2.13. The van der Waals surface area contributed by atoms with Gasteiger partial charge in [-0.3, -0.25) is 0 Å². The Bertz CT molecular complexity index is 1310. The Labute approximate surface area is 195 Å². The van der Waals surface area contributed by atoms with Crippen molar-refractivity contribution in [2.24, 2.45) is 0 Å². The third-order valence-corrected chi connectivity index (χ3v) is 5.76. The molecule has 0 aromatic heterocycles. The van der Waals surface area contributed by atoms with Crippen molar-refractivity contribution in [3.05, 3.63) is 111 Å². The third kappa shape index (κ3) is 4.70. The predicted molar refractivity (Wildman–Crippen MR) is 130 cm³/mol. The second kappa shape index (κ2) is 9.45. The molecule has 0 spiro atoms. The molecule has 0 saturated heterocycles. The Morgan fingerprint density at radius 2 is 1.52 bits per heavy atom. The largest absolute Gasteiger partial charge is 0.486 e. The number of halogens is 3. The van der Waals surface area contributed by atoms with Crippen molar-refractivity contribution in [3.63, 3.8) is 0 Å². The zero-order valence-electron chi connectivity index (χ0n) is 16.3. The molecule has 5 heteroatoms. The normalized spacial score (nSPS) is 11.4. The molecule has 0 atom stereocenters. The molecule has 0 unspecified atom stereocenters. The minimum absolute atomic E-state index is 0.332. The van der Waals surface area contributed by atoms with Crippen molar-refractivity contribution in [3.8, 4) is 11.8 Å². The lowest BCUT2D eigenvalue weighted by atomic mass is 10.0. The van der Waals surface area contributed by atoms with Gasteiger partial charge in [0.05, 0.1) is 21.7 Å². The highest BCUT2D eigenvalue weighted by molar-refractivity contribution is 6.37. The van der Waals surface area contributed by atoms with Gasteiger partial charge < -0.3 is 4.74 Å². The fraction of sp³-hybridized carbons (Fsp3) is 0.0385. The number of hydrogen-bond donors (Lipinski definition) is 0. The summed E-state index contributed by atoms with van der Waals surface area (Å²) in [7, 11) is 0. The van der Waals surface area contributed by atoms with Crippen LogP contribution < -0.4 is 4.74 Å². The van der Waals surface area contributed by atoms with Crippen molar-refractivity contribution in [1.82, 2.24) is 0 Å². The number of nitriles is 1. The number of ether oxygens (including phenoxy) is 1. The maximum Gasteiger partial charge on any atom is 0.157 e. The van der Waals surface area contributed by atoms with E-state index >= 15 is 0 Å². The SMILES string of the molecule is N#CC(=Cc1cc(Cl)c(OCc2cccc3ccccc23)c(Cl)c1)c1ccccc1Cl. The Hall–Kier alpha value is -2.96. The molecule has 0 fully saturated rings. The van der Waals surface area contributed by atoms with Crippen LogP contribution in [0.2, 0.25) is 15.1 Å². The monoisotopic (exact) mass is 463 g/mol. The Kier molecular flexibility index (Phi) is 6.49. The molecule has 0 heterocycles. The second-order valence-corrected chi connectivity index (χ2v) is 8.11. The van der Waals surface area contributed by atoms with Gasteiger partial charge in [0, 0.05) is 10.6 Å². The summed E-state index contributed by atoms with van der Waals surface area (Å²) in [5.41, 5.74) is 2.79. The van der Waals surface area contributed by atoms with Gasteiger partial charge in [-0.2, -0.15) is 5.26 Å². The summed E-state index contributed by atoms with van der Waals surface area (Å²) >= 11 is 19.2. The molecule has 4 aromatic carbocycles. The highest BCUT2D eigenvalue weighted by atomic mass is 35.5. The van der Waals surface area contributed by atoms with E-state index in [1.807, 2.05) is 36.4 Å². The average molecular weight is 465 g/mol. The minimum atomic E-state index is 0.332. The van der Waals surface area contributed by atoms with Crippen molar-refractivity contribution < 1.29 is 4.74 Å². The van der Waals surface area contributed by atoms with Crippen molar-refractivity contribution in [1.29, 1.82) is 5.26 Å². The van der Waals surface area contributed by atoms with Crippen LogP contribution in [-0.4, -0.2) is 0 Å². The van der Waals surface area contributed by atoms with Gasteiger partial charge in [0.25, 0.3) is 0 Å². The maximum absolute atomic E-state index is 9.59. The number of allylic oxidation sites excluding steroid dienone is 1. The summed E-state index contributed by atoms with van der Waals surface area (Å²) in [4.78, 5) is 0. The summed E-state index contributed by atoms with van der Waals surface area (Å²) in [6.45, 7) is 0.332. The van der Waals surface area contributed by atoms with Gasteiger partial charge in [-0.1, -0.05) is 95.5 Å². The van der Waals surface area contributed by atoms with E-state index in [2.05, 4.69) is 24.3 Å². The van der Waals surface area contributed by atoms with Gasteiger partial charge in [-0.25, -0.2) is 0 Å². The molecular weight excluding hydrogens is 449 g/mol. The smallest absolute Gasteiger partial charge is 0.157 e. The zero-order valence-corrected chi connectivity index (χ0v) is 18.5. The molecule has 0 radical (unpaired) electrons. The van der Waals surface area contributed by atoms with Crippen molar-refractivity contribution >= 4 is 57.2 Å². The maximum atomic E-state index is 9.59. The van der Waals surface area contributed by atoms with E-state index in [4.69, 9.17) is 39.5 Å². The van der Waals surface area contributed by atoms with Gasteiger partial charge in [0.15, 0.2) is 5.75 Å². The number of rotatable bonds is 5. The zero-order chi connectivity index (χ0) is 21.8. The van der Waals surface area contributed by atoms with Crippen LogP contribution in [0.5, 0.6) is 5.75 Å². The molecule has 152 valence electrons. The van der Waals surface area contributed by atoms with Gasteiger partial charge in [-0.05, 0) is 46.2 Å².